The van der Waals surface area contributed by atoms with Crippen LogP contribution in [0, 0.1) is 11.3 Å². The van der Waals surface area contributed by atoms with Gasteiger partial charge in [-0.3, -0.25) is 0 Å². The van der Waals surface area contributed by atoms with Crippen LogP contribution in [0.1, 0.15) is 25.3 Å². The number of anilines is 2. The Kier molecular flexibility index (Phi) is 5.91. The number of benzene rings is 1. The lowest BCUT2D eigenvalue weighted by Crippen LogP contribution is -2.11. The van der Waals surface area contributed by atoms with Gasteiger partial charge in [-0.05, 0) is 18.6 Å². The van der Waals surface area contributed by atoms with Crippen LogP contribution in [0.4, 0.5) is 11.4 Å². The second-order valence-electron chi connectivity index (χ2n) is 3.77. The Morgan fingerprint density at radius 3 is 2.94 bits per heavy atom. The van der Waals surface area contributed by atoms with Gasteiger partial charge in [-0.2, -0.15) is 5.26 Å². The van der Waals surface area contributed by atoms with Crippen molar-refractivity contribution >= 4 is 11.4 Å². The average molecular weight is 233 g/mol. The number of para-hydroxylation sites is 1. The van der Waals surface area contributed by atoms with Gasteiger partial charge >= 0.3 is 0 Å². The summed E-state index contributed by atoms with van der Waals surface area (Å²) in [6, 6.07) is 7.44. The summed E-state index contributed by atoms with van der Waals surface area (Å²) in [7, 11) is 0. The van der Waals surface area contributed by atoms with Gasteiger partial charge in [0, 0.05) is 13.2 Å². The molecule has 92 valence electrons. The molecule has 3 N–H and O–H groups in total. The Hall–Kier alpha value is -1.73. The molecule has 0 spiro atoms. The first-order valence-electron chi connectivity index (χ1n) is 5.89. The molecule has 0 unspecified atom stereocenters. The third-order valence-electron chi connectivity index (χ3n) is 2.43. The quantitative estimate of drug-likeness (QED) is 0.560. The monoisotopic (exact) mass is 233 g/mol. The van der Waals surface area contributed by atoms with Gasteiger partial charge in [0.2, 0.25) is 0 Å². The summed E-state index contributed by atoms with van der Waals surface area (Å²) in [5, 5.41) is 12.0. The first-order valence-corrected chi connectivity index (χ1v) is 5.89. The zero-order chi connectivity index (χ0) is 12.5. The van der Waals surface area contributed by atoms with Crippen molar-refractivity contribution < 1.29 is 4.74 Å². The van der Waals surface area contributed by atoms with Crippen LogP contribution in [0.2, 0.25) is 0 Å². The summed E-state index contributed by atoms with van der Waals surface area (Å²) in [6.07, 6.45) is 2.23. The van der Waals surface area contributed by atoms with Crippen molar-refractivity contribution in [2.45, 2.75) is 19.8 Å². The number of ether oxygens (including phenoxy) is 1. The van der Waals surface area contributed by atoms with Crippen molar-refractivity contribution in [1.29, 1.82) is 5.26 Å². The van der Waals surface area contributed by atoms with Crippen molar-refractivity contribution in [2.24, 2.45) is 0 Å². The van der Waals surface area contributed by atoms with Crippen LogP contribution >= 0.6 is 0 Å². The molecule has 0 aliphatic heterocycles. The fourth-order valence-corrected chi connectivity index (χ4v) is 1.42. The van der Waals surface area contributed by atoms with E-state index in [1.165, 1.54) is 0 Å². The van der Waals surface area contributed by atoms with E-state index in [0.29, 0.717) is 24.4 Å². The van der Waals surface area contributed by atoms with Crippen LogP contribution in [-0.2, 0) is 4.74 Å². The zero-order valence-corrected chi connectivity index (χ0v) is 10.2. The van der Waals surface area contributed by atoms with Crippen molar-refractivity contribution in [3.05, 3.63) is 23.8 Å². The zero-order valence-electron chi connectivity index (χ0n) is 10.2. The minimum absolute atomic E-state index is 0.502. The smallest absolute Gasteiger partial charge is 0.101 e. The van der Waals surface area contributed by atoms with E-state index in [2.05, 4.69) is 18.3 Å². The number of nitrogens with two attached hydrogens (primary N) is 1. The fraction of sp³-hybridized carbons (Fsp3) is 0.462. The highest BCUT2D eigenvalue weighted by Gasteiger charge is 2.02. The van der Waals surface area contributed by atoms with Crippen molar-refractivity contribution in [2.75, 3.05) is 30.8 Å². The number of hydrogen-bond acceptors (Lipinski definition) is 4. The molecule has 0 bridgehead atoms. The lowest BCUT2D eigenvalue weighted by Gasteiger charge is -2.10. The van der Waals surface area contributed by atoms with Crippen LogP contribution in [0.3, 0.4) is 0 Å². The number of nitrogen functional groups attached to an aromatic ring is 1. The molecule has 0 heterocycles. The van der Waals surface area contributed by atoms with E-state index in [-0.39, 0.29) is 0 Å². The molecule has 0 fully saturated rings. The molecule has 0 saturated heterocycles. The van der Waals surface area contributed by atoms with Crippen LogP contribution < -0.4 is 11.1 Å². The van der Waals surface area contributed by atoms with E-state index in [4.69, 9.17) is 15.7 Å². The normalized spacial score (nSPS) is 9.88. The maximum atomic E-state index is 8.83. The largest absolute Gasteiger partial charge is 0.396 e. The summed E-state index contributed by atoms with van der Waals surface area (Å²) in [5.41, 5.74) is 7.63. The molecule has 0 amide bonds. The molecule has 0 aliphatic rings. The van der Waals surface area contributed by atoms with Gasteiger partial charge in [-0.1, -0.05) is 19.4 Å². The molecule has 0 aliphatic carbocycles. The average Bonchev–Trinajstić information content (AvgIpc) is 2.35. The van der Waals surface area contributed by atoms with E-state index >= 15 is 0 Å². The number of nitrogens with zero attached hydrogens (tertiary/aromatic N) is 1. The third-order valence-corrected chi connectivity index (χ3v) is 2.43. The predicted molar refractivity (Wildman–Crippen MR) is 69.8 cm³/mol. The van der Waals surface area contributed by atoms with Crippen molar-refractivity contribution in [3.63, 3.8) is 0 Å². The number of hydrogen-bond donors (Lipinski definition) is 2. The highest BCUT2D eigenvalue weighted by atomic mass is 16.5. The second-order valence-corrected chi connectivity index (χ2v) is 3.77. The number of nitrogens with one attached hydrogen (secondary N) is 1. The summed E-state index contributed by atoms with van der Waals surface area (Å²) in [4.78, 5) is 0. The molecule has 0 radical (unpaired) electrons. The maximum absolute atomic E-state index is 8.83. The third kappa shape index (κ3) is 4.33. The molecule has 0 atom stereocenters. The summed E-state index contributed by atoms with van der Waals surface area (Å²) >= 11 is 0. The molecule has 1 aromatic rings. The van der Waals surface area contributed by atoms with Crippen LogP contribution in [-0.4, -0.2) is 19.8 Å². The number of rotatable bonds is 7. The molecule has 0 saturated carbocycles. The van der Waals surface area contributed by atoms with Crippen molar-refractivity contribution in [1.82, 2.24) is 0 Å². The Balaban J connectivity index is 2.35. The van der Waals surface area contributed by atoms with Crippen LogP contribution in [0.15, 0.2) is 18.2 Å². The summed E-state index contributed by atoms with van der Waals surface area (Å²) < 4.78 is 5.42. The molecule has 1 aromatic carbocycles. The van der Waals surface area contributed by atoms with Gasteiger partial charge in [0.05, 0.1) is 23.5 Å². The fourth-order valence-electron chi connectivity index (χ4n) is 1.42. The van der Waals surface area contributed by atoms with Crippen LogP contribution in [0.25, 0.3) is 0 Å². The highest BCUT2D eigenvalue weighted by molar-refractivity contribution is 5.72. The summed E-state index contributed by atoms with van der Waals surface area (Å²) in [5.74, 6) is 0. The maximum Gasteiger partial charge on any atom is 0.101 e. The SMILES string of the molecule is CCCCOCCNc1cccc(C#N)c1N. The lowest BCUT2D eigenvalue weighted by atomic mass is 10.1. The van der Waals surface area contributed by atoms with Gasteiger partial charge in [-0.15, -0.1) is 0 Å². The van der Waals surface area contributed by atoms with Crippen molar-refractivity contribution in [3.8, 4) is 6.07 Å². The lowest BCUT2D eigenvalue weighted by molar-refractivity contribution is 0.141. The topological polar surface area (TPSA) is 71.1 Å². The van der Waals surface area contributed by atoms with Gasteiger partial charge in [0.25, 0.3) is 0 Å². The standard InChI is InChI=1S/C13H19N3O/c1-2-3-8-17-9-7-16-12-6-4-5-11(10-14)13(12)15/h4-6,16H,2-3,7-9,15H2,1H3. The van der Waals surface area contributed by atoms with E-state index in [0.717, 1.165) is 25.1 Å². The molecular formula is C13H19N3O. The van der Waals surface area contributed by atoms with E-state index < -0.39 is 0 Å². The first kappa shape index (κ1) is 13.3. The predicted octanol–water partition coefficient (Wildman–Crippen LogP) is 2.37. The minimum atomic E-state index is 0.502. The van der Waals surface area contributed by atoms with E-state index in [1.54, 1.807) is 6.07 Å². The van der Waals surface area contributed by atoms with Gasteiger partial charge < -0.3 is 15.8 Å². The Bertz CT molecular complexity index is 385. The summed E-state index contributed by atoms with van der Waals surface area (Å²) in [6.45, 7) is 4.28. The molecule has 4 nitrogen and oxygen atoms in total. The first-order chi connectivity index (χ1) is 8.29. The van der Waals surface area contributed by atoms with E-state index in [1.807, 2.05) is 12.1 Å². The minimum Gasteiger partial charge on any atom is -0.396 e. The second kappa shape index (κ2) is 7.53. The highest BCUT2D eigenvalue weighted by Crippen LogP contribution is 2.21. The van der Waals surface area contributed by atoms with Gasteiger partial charge in [0.15, 0.2) is 0 Å². The van der Waals surface area contributed by atoms with Gasteiger partial charge in [-0.25, -0.2) is 0 Å². The van der Waals surface area contributed by atoms with Crippen LogP contribution in [0.5, 0.6) is 0 Å². The molecular weight excluding hydrogens is 214 g/mol. The molecule has 17 heavy (non-hydrogen) atoms. The van der Waals surface area contributed by atoms with E-state index in [9.17, 15) is 0 Å². The van der Waals surface area contributed by atoms with Gasteiger partial charge in [0.1, 0.15) is 6.07 Å². The molecule has 1 rings (SSSR count). The number of unbranched alkanes of at least 4 members (excludes halogenated alkanes) is 1. The Labute approximate surface area is 102 Å². The Morgan fingerprint density at radius 2 is 2.24 bits per heavy atom. The number of nitriles is 1. The Morgan fingerprint density at radius 1 is 1.41 bits per heavy atom. The molecule has 0 aromatic heterocycles. The molecule has 4 heteroatoms.